The summed E-state index contributed by atoms with van der Waals surface area (Å²) < 4.78 is 0. The van der Waals surface area contributed by atoms with Gasteiger partial charge in [-0.15, -0.1) is 0 Å². The second-order valence-corrected chi connectivity index (χ2v) is 6.65. The lowest BCUT2D eigenvalue weighted by atomic mass is 9.65. The standard InChI is InChI=1S/C15H21Cl2N/c1-11(2)18-10-15(6-3-7-15)9-12-8-13(16)4-5-14(12)17/h4-5,8,11,18H,3,6-7,9-10H2,1-2H3. The molecule has 0 radical (unpaired) electrons. The summed E-state index contributed by atoms with van der Waals surface area (Å²) in [7, 11) is 0. The van der Waals surface area contributed by atoms with Crippen LogP contribution in [0.5, 0.6) is 0 Å². The Balaban J connectivity index is 2.07. The number of hydrogen-bond acceptors (Lipinski definition) is 1. The lowest BCUT2D eigenvalue weighted by Gasteiger charge is -2.43. The molecule has 0 spiro atoms. The van der Waals surface area contributed by atoms with E-state index in [1.54, 1.807) is 0 Å². The second-order valence-electron chi connectivity index (χ2n) is 5.80. The summed E-state index contributed by atoms with van der Waals surface area (Å²) in [4.78, 5) is 0. The Morgan fingerprint density at radius 3 is 2.56 bits per heavy atom. The second kappa shape index (κ2) is 5.81. The third kappa shape index (κ3) is 3.40. The smallest absolute Gasteiger partial charge is 0.0439 e. The average Bonchev–Trinajstić information content (AvgIpc) is 2.26. The van der Waals surface area contributed by atoms with Gasteiger partial charge in [0.15, 0.2) is 0 Å². The van der Waals surface area contributed by atoms with Gasteiger partial charge in [-0.2, -0.15) is 0 Å². The Morgan fingerprint density at radius 2 is 2.00 bits per heavy atom. The van der Waals surface area contributed by atoms with Crippen LogP contribution in [0.2, 0.25) is 10.0 Å². The molecule has 1 aliphatic rings. The van der Waals surface area contributed by atoms with Crippen LogP contribution >= 0.6 is 23.2 Å². The fourth-order valence-corrected chi connectivity index (χ4v) is 2.98. The molecule has 0 amide bonds. The van der Waals surface area contributed by atoms with E-state index in [9.17, 15) is 0 Å². The highest BCUT2D eigenvalue weighted by molar-refractivity contribution is 6.33. The molecule has 1 aromatic carbocycles. The van der Waals surface area contributed by atoms with Gasteiger partial charge in [0.25, 0.3) is 0 Å². The highest BCUT2D eigenvalue weighted by atomic mass is 35.5. The van der Waals surface area contributed by atoms with Crippen molar-refractivity contribution in [3.63, 3.8) is 0 Å². The molecule has 18 heavy (non-hydrogen) atoms. The maximum absolute atomic E-state index is 6.27. The molecule has 0 saturated heterocycles. The van der Waals surface area contributed by atoms with E-state index in [0.29, 0.717) is 11.5 Å². The van der Waals surface area contributed by atoms with Gasteiger partial charge in [0.2, 0.25) is 0 Å². The number of benzene rings is 1. The van der Waals surface area contributed by atoms with Crippen molar-refractivity contribution in [1.82, 2.24) is 5.32 Å². The number of halogens is 2. The maximum atomic E-state index is 6.27. The maximum Gasteiger partial charge on any atom is 0.0439 e. The predicted molar refractivity (Wildman–Crippen MR) is 79.6 cm³/mol. The molecule has 1 fully saturated rings. The van der Waals surface area contributed by atoms with Gasteiger partial charge in [0, 0.05) is 22.6 Å². The summed E-state index contributed by atoms with van der Waals surface area (Å²) in [6.45, 7) is 5.46. The molecule has 0 aromatic heterocycles. The molecular weight excluding hydrogens is 265 g/mol. The predicted octanol–water partition coefficient (Wildman–Crippen LogP) is 4.70. The molecule has 3 heteroatoms. The molecule has 1 saturated carbocycles. The van der Waals surface area contributed by atoms with Gasteiger partial charge in [0.1, 0.15) is 0 Å². The Bertz CT molecular complexity index is 411. The topological polar surface area (TPSA) is 12.0 Å². The van der Waals surface area contributed by atoms with E-state index in [0.717, 1.165) is 23.0 Å². The first-order valence-electron chi connectivity index (χ1n) is 6.68. The summed E-state index contributed by atoms with van der Waals surface area (Å²) in [5, 5.41) is 5.19. The zero-order chi connectivity index (χ0) is 13.2. The highest BCUT2D eigenvalue weighted by Gasteiger charge is 2.37. The van der Waals surface area contributed by atoms with E-state index in [4.69, 9.17) is 23.2 Å². The third-order valence-corrected chi connectivity index (χ3v) is 4.48. The molecule has 1 aliphatic carbocycles. The van der Waals surface area contributed by atoms with Crippen molar-refractivity contribution in [1.29, 1.82) is 0 Å². The van der Waals surface area contributed by atoms with Crippen molar-refractivity contribution in [2.75, 3.05) is 6.54 Å². The van der Waals surface area contributed by atoms with Gasteiger partial charge >= 0.3 is 0 Å². The third-order valence-electron chi connectivity index (χ3n) is 3.87. The van der Waals surface area contributed by atoms with Crippen molar-refractivity contribution in [3.05, 3.63) is 33.8 Å². The molecule has 0 atom stereocenters. The van der Waals surface area contributed by atoms with Crippen LogP contribution in [0.1, 0.15) is 38.7 Å². The molecule has 0 aliphatic heterocycles. The SMILES string of the molecule is CC(C)NCC1(Cc2cc(Cl)ccc2Cl)CCC1. The van der Waals surface area contributed by atoms with E-state index >= 15 is 0 Å². The molecule has 100 valence electrons. The van der Waals surface area contributed by atoms with Crippen LogP contribution in [0.15, 0.2) is 18.2 Å². The van der Waals surface area contributed by atoms with Crippen molar-refractivity contribution < 1.29 is 0 Å². The van der Waals surface area contributed by atoms with Crippen molar-refractivity contribution >= 4 is 23.2 Å². The van der Waals surface area contributed by atoms with Crippen LogP contribution in [0.4, 0.5) is 0 Å². The number of hydrogen-bond donors (Lipinski definition) is 1. The van der Waals surface area contributed by atoms with Crippen LogP contribution < -0.4 is 5.32 Å². The Labute approximate surface area is 120 Å². The van der Waals surface area contributed by atoms with Gasteiger partial charge in [-0.3, -0.25) is 0 Å². The molecule has 2 rings (SSSR count). The van der Waals surface area contributed by atoms with Gasteiger partial charge in [-0.25, -0.2) is 0 Å². The van der Waals surface area contributed by atoms with Crippen molar-refractivity contribution in [2.24, 2.45) is 5.41 Å². The summed E-state index contributed by atoms with van der Waals surface area (Å²) in [5.74, 6) is 0. The normalized spacial score (nSPS) is 17.8. The summed E-state index contributed by atoms with van der Waals surface area (Å²) in [5.41, 5.74) is 1.58. The number of rotatable bonds is 5. The molecule has 0 unspecified atom stereocenters. The van der Waals surface area contributed by atoms with Crippen LogP contribution in [0.3, 0.4) is 0 Å². The molecule has 0 bridgehead atoms. The van der Waals surface area contributed by atoms with Gasteiger partial charge in [-0.05, 0) is 48.4 Å². The average molecular weight is 286 g/mol. The Kier molecular flexibility index (Phi) is 4.58. The van der Waals surface area contributed by atoms with E-state index in [-0.39, 0.29) is 0 Å². The largest absolute Gasteiger partial charge is 0.314 e. The lowest BCUT2D eigenvalue weighted by molar-refractivity contribution is 0.127. The van der Waals surface area contributed by atoms with E-state index < -0.39 is 0 Å². The minimum absolute atomic E-state index is 0.387. The van der Waals surface area contributed by atoms with E-state index in [1.807, 2.05) is 18.2 Å². The van der Waals surface area contributed by atoms with Crippen LogP contribution in [-0.4, -0.2) is 12.6 Å². The van der Waals surface area contributed by atoms with Gasteiger partial charge < -0.3 is 5.32 Å². The summed E-state index contributed by atoms with van der Waals surface area (Å²) in [6, 6.07) is 6.31. The van der Waals surface area contributed by atoms with Crippen LogP contribution in [-0.2, 0) is 6.42 Å². The van der Waals surface area contributed by atoms with Crippen LogP contribution in [0, 0.1) is 5.41 Å². The minimum atomic E-state index is 0.387. The number of nitrogens with one attached hydrogen (secondary N) is 1. The monoisotopic (exact) mass is 285 g/mol. The first kappa shape index (κ1) is 14.2. The minimum Gasteiger partial charge on any atom is -0.314 e. The summed E-state index contributed by atoms with van der Waals surface area (Å²) >= 11 is 12.3. The fourth-order valence-electron chi connectivity index (χ4n) is 2.60. The fraction of sp³-hybridized carbons (Fsp3) is 0.600. The first-order chi connectivity index (χ1) is 8.51. The van der Waals surface area contributed by atoms with E-state index in [1.165, 1.54) is 24.8 Å². The lowest BCUT2D eigenvalue weighted by Crippen LogP contribution is -2.43. The zero-order valence-electron chi connectivity index (χ0n) is 11.1. The molecule has 1 nitrogen and oxygen atoms in total. The van der Waals surface area contributed by atoms with Crippen molar-refractivity contribution in [2.45, 2.75) is 45.6 Å². The Morgan fingerprint density at radius 1 is 1.28 bits per heavy atom. The van der Waals surface area contributed by atoms with Crippen LogP contribution in [0.25, 0.3) is 0 Å². The highest BCUT2D eigenvalue weighted by Crippen LogP contribution is 2.44. The van der Waals surface area contributed by atoms with E-state index in [2.05, 4.69) is 19.2 Å². The van der Waals surface area contributed by atoms with Crippen molar-refractivity contribution in [3.8, 4) is 0 Å². The van der Waals surface area contributed by atoms with Gasteiger partial charge in [-0.1, -0.05) is 43.5 Å². The molecule has 1 N–H and O–H groups in total. The quantitative estimate of drug-likeness (QED) is 0.827. The molecule has 0 heterocycles. The zero-order valence-corrected chi connectivity index (χ0v) is 12.6. The van der Waals surface area contributed by atoms with Gasteiger partial charge in [0.05, 0.1) is 0 Å². The first-order valence-corrected chi connectivity index (χ1v) is 7.44. The Hall–Kier alpha value is -0.240. The molecular formula is C15H21Cl2N. The summed E-state index contributed by atoms with van der Waals surface area (Å²) in [6.07, 6.45) is 4.94. The molecule has 1 aromatic rings.